The van der Waals surface area contributed by atoms with E-state index < -0.39 is 0 Å². The minimum Gasteiger partial charge on any atom is -0.316 e. The van der Waals surface area contributed by atoms with Crippen LogP contribution >= 0.6 is 0 Å². The molecule has 0 aromatic rings. The average molecular weight is 255 g/mol. The van der Waals surface area contributed by atoms with Crippen LogP contribution in [0.2, 0.25) is 0 Å². The summed E-state index contributed by atoms with van der Waals surface area (Å²) in [4.78, 5) is 0. The number of rotatable bonds is 13. The Hall–Kier alpha value is -0.0400. The molecule has 110 valence electrons. The number of hydrogen-bond acceptors (Lipinski definition) is 1. The molecule has 0 aliphatic carbocycles. The Labute approximate surface area is 116 Å². The Balaban J connectivity index is 3.30. The van der Waals surface area contributed by atoms with E-state index in [1.165, 1.54) is 77.3 Å². The summed E-state index contributed by atoms with van der Waals surface area (Å²) in [5.41, 5.74) is 0.484. The summed E-state index contributed by atoms with van der Waals surface area (Å²) in [6.07, 6.45) is 13.9. The lowest BCUT2D eigenvalue weighted by molar-refractivity contribution is 0.301. The highest BCUT2D eigenvalue weighted by molar-refractivity contribution is 4.71. The zero-order chi connectivity index (χ0) is 13.7. The van der Waals surface area contributed by atoms with Crippen molar-refractivity contribution in [1.82, 2.24) is 5.32 Å². The molecule has 0 heterocycles. The molecule has 18 heavy (non-hydrogen) atoms. The van der Waals surface area contributed by atoms with Crippen LogP contribution in [0.15, 0.2) is 0 Å². The van der Waals surface area contributed by atoms with E-state index in [0.29, 0.717) is 5.41 Å². The van der Waals surface area contributed by atoms with Crippen molar-refractivity contribution in [2.45, 2.75) is 91.9 Å². The normalized spacial score (nSPS) is 12.0. The maximum Gasteiger partial charge on any atom is 0.000252 e. The summed E-state index contributed by atoms with van der Waals surface area (Å²) in [6, 6.07) is 0. The zero-order valence-electron chi connectivity index (χ0n) is 13.5. The third kappa shape index (κ3) is 12.4. The molecule has 0 bridgehead atoms. The van der Waals surface area contributed by atoms with Gasteiger partial charge in [-0.3, -0.25) is 0 Å². The Morgan fingerprint density at radius 3 is 1.94 bits per heavy atom. The molecule has 0 amide bonds. The standard InChI is InChI=1S/C17H37N/c1-5-7-9-10-11-13-15-18-16-17(3,4)14-12-8-6-2/h18H,5-16H2,1-4H3. The van der Waals surface area contributed by atoms with Crippen molar-refractivity contribution in [1.29, 1.82) is 0 Å². The molecule has 0 fully saturated rings. The van der Waals surface area contributed by atoms with Gasteiger partial charge in [0.1, 0.15) is 0 Å². The van der Waals surface area contributed by atoms with Crippen LogP contribution in [-0.2, 0) is 0 Å². The van der Waals surface area contributed by atoms with Gasteiger partial charge in [-0.15, -0.1) is 0 Å². The predicted molar refractivity (Wildman–Crippen MR) is 84.2 cm³/mol. The average Bonchev–Trinajstić information content (AvgIpc) is 2.33. The lowest BCUT2D eigenvalue weighted by atomic mass is 9.87. The van der Waals surface area contributed by atoms with Gasteiger partial charge in [-0.05, 0) is 24.8 Å². The quantitative estimate of drug-likeness (QED) is 0.426. The van der Waals surface area contributed by atoms with Crippen LogP contribution in [0.25, 0.3) is 0 Å². The van der Waals surface area contributed by atoms with E-state index in [1.54, 1.807) is 0 Å². The molecule has 0 saturated heterocycles. The third-order valence-corrected chi connectivity index (χ3v) is 3.77. The van der Waals surface area contributed by atoms with Crippen molar-refractivity contribution in [3.05, 3.63) is 0 Å². The second-order valence-electron chi connectivity index (χ2n) is 6.57. The Kier molecular flexibility index (Phi) is 12.0. The Morgan fingerprint density at radius 1 is 0.722 bits per heavy atom. The molecule has 0 unspecified atom stereocenters. The van der Waals surface area contributed by atoms with Crippen molar-refractivity contribution >= 4 is 0 Å². The fraction of sp³-hybridized carbons (Fsp3) is 1.00. The zero-order valence-corrected chi connectivity index (χ0v) is 13.5. The van der Waals surface area contributed by atoms with Crippen LogP contribution in [0.5, 0.6) is 0 Å². The molecule has 0 aromatic carbocycles. The van der Waals surface area contributed by atoms with Gasteiger partial charge in [0, 0.05) is 6.54 Å². The number of unbranched alkanes of at least 4 members (excludes halogenated alkanes) is 7. The molecule has 0 radical (unpaired) electrons. The topological polar surface area (TPSA) is 12.0 Å². The molecule has 0 aliphatic heterocycles. The molecule has 1 N–H and O–H groups in total. The van der Waals surface area contributed by atoms with Crippen LogP contribution < -0.4 is 5.32 Å². The van der Waals surface area contributed by atoms with Crippen LogP contribution in [-0.4, -0.2) is 13.1 Å². The summed E-state index contributed by atoms with van der Waals surface area (Å²) >= 11 is 0. The first-order valence-electron chi connectivity index (χ1n) is 8.33. The van der Waals surface area contributed by atoms with E-state index in [-0.39, 0.29) is 0 Å². The van der Waals surface area contributed by atoms with Crippen LogP contribution in [0.3, 0.4) is 0 Å². The van der Waals surface area contributed by atoms with Gasteiger partial charge in [0.15, 0.2) is 0 Å². The SMILES string of the molecule is CCCCCCCCNCC(C)(C)CCCCC. The highest BCUT2D eigenvalue weighted by Gasteiger charge is 2.16. The van der Waals surface area contributed by atoms with E-state index in [2.05, 4.69) is 33.0 Å². The van der Waals surface area contributed by atoms with Gasteiger partial charge >= 0.3 is 0 Å². The van der Waals surface area contributed by atoms with Gasteiger partial charge in [-0.25, -0.2) is 0 Å². The van der Waals surface area contributed by atoms with E-state index in [4.69, 9.17) is 0 Å². The summed E-state index contributed by atoms with van der Waals surface area (Å²) < 4.78 is 0. The van der Waals surface area contributed by atoms with Crippen molar-refractivity contribution < 1.29 is 0 Å². The smallest absolute Gasteiger partial charge is 0.000252 e. The lowest BCUT2D eigenvalue weighted by Crippen LogP contribution is -2.30. The van der Waals surface area contributed by atoms with E-state index in [0.717, 1.165) is 0 Å². The van der Waals surface area contributed by atoms with Crippen molar-refractivity contribution in [3.8, 4) is 0 Å². The van der Waals surface area contributed by atoms with E-state index >= 15 is 0 Å². The summed E-state index contributed by atoms with van der Waals surface area (Å²) in [6.45, 7) is 11.8. The van der Waals surface area contributed by atoms with Gasteiger partial charge < -0.3 is 5.32 Å². The molecule has 1 nitrogen and oxygen atoms in total. The fourth-order valence-corrected chi connectivity index (χ4v) is 2.40. The van der Waals surface area contributed by atoms with Crippen molar-refractivity contribution in [2.24, 2.45) is 5.41 Å². The largest absolute Gasteiger partial charge is 0.316 e. The van der Waals surface area contributed by atoms with Gasteiger partial charge in [-0.1, -0.05) is 79.1 Å². The first kappa shape index (κ1) is 18.0. The summed E-state index contributed by atoms with van der Waals surface area (Å²) in [5, 5.41) is 3.64. The highest BCUT2D eigenvalue weighted by Crippen LogP contribution is 2.22. The monoisotopic (exact) mass is 255 g/mol. The Morgan fingerprint density at radius 2 is 1.28 bits per heavy atom. The highest BCUT2D eigenvalue weighted by atomic mass is 14.9. The molecule has 0 rings (SSSR count). The van der Waals surface area contributed by atoms with Gasteiger partial charge in [0.2, 0.25) is 0 Å². The van der Waals surface area contributed by atoms with Gasteiger partial charge in [0.05, 0.1) is 0 Å². The Bertz CT molecular complexity index is 163. The minimum atomic E-state index is 0.484. The van der Waals surface area contributed by atoms with E-state index in [9.17, 15) is 0 Å². The lowest BCUT2D eigenvalue weighted by Gasteiger charge is -2.25. The molecule has 1 heteroatoms. The number of nitrogens with one attached hydrogen (secondary N) is 1. The third-order valence-electron chi connectivity index (χ3n) is 3.77. The predicted octanol–water partition coefficient (Wildman–Crippen LogP) is 5.54. The van der Waals surface area contributed by atoms with Crippen LogP contribution in [0.4, 0.5) is 0 Å². The fourth-order valence-electron chi connectivity index (χ4n) is 2.40. The molecule has 0 aromatic heterocycles. The molecular weight excluding hydrogens is 218 g/mol. The minimum absolute atomic E-state index is 0.484. The molecule has 0 atom stereocenters. The second kappa shape index (κ2) is 12.0. The first-order valence-corrected chi connectivity index (χ1v) is 8.33. The van der Waals surface area contributed by atoms with Gasteiger partial charge in [-0.2, -0.15) is 0 Å². The molecular formula is C17H37N. The van der Waals surface area contributed by atoms with Crippen LogP contribution in [0.1, 0.15) is 91.9 Å². The molecule has 0 saturated carbocycles. The van der Waals surface area contributed by atoms with Crippen LogP contribution in [0, 0.1) is 5.41 Å². The number of hydrogen-bond donors (Lipinski definition) is 1. The molecule has 0 spiro atoms. The van der Waals surface area contributed by atoms with Crippen molar-refractivity contribution in [2.75, 3.05) is 13.1 Å². The van der Waals surface area contributed by atoms with E-state index in [1.807, 2.05) is 0 Å². The maximum atomic E-state index is 3.64. The summed E-state index contributed by atoms with van der Waals surface area (Å²) in [7, 11) is 0. The maximum absolute atomic E-state index is 3.64. The van der Waals surface area contributed by atoms with Crippen molar-refractivity contribution in [3.63, 3.8) is 0 Å². The second-order valence-corrected chi connectivity index (χ2v) is 6.57. The first-order chi connectivity index (χ1) is 8.62. The van der Waals surface area contributed by atoms with Gasteiger partial charge in [0.25, 0.3) is 0 Å². The summed E-state index contributed by atoms with van der Waals surface area (Å²) in [5.74, 6) is 0. The molecule has 0 aliphatic rings.